The molecule has 0 amide bonds. The highest BCUT2D eigenvalue weighted by Crippen LogP contribution is 2.21. The van der Waals surface area contributed by atoms with Crippen LogP contribution in [-0.2, 0) is 6.42 Å². The number of hydrogen-bond donors (Lipinski definition) is 1. The molecule has 0 bridgehead atoms. The Morgan fingerprint density at radius 3 is 2.28 bits per heavy atom. The Bertz CT molecular complexity index is 527. The van der Waals surface area contributed by atoms with E-state index in [4.69, 9.17) is 5.73 Å². The van der Waals surface area contributed by atoms with Gasteiger partial charge in [-0.2, -0.15) is 0 Å². The second-order valence-electron chi connectivity index (χ2n) is 5.17. The van der Waals surface area contributed by atoms with E-state index in [2.05, 4.69) is 43.1 Å². The zero-order chi connectivity index (χ0) is 13.1. The van der Waals surface area contributed by atoms with Crippen molar-refractivity contribution in [3.63, 3.8) is 0 Å². The van der Waals surface area contributed by atoms with Crippen molar-refractivity contribution in [1.29, 1.82) is 0 Å². The monoisotopic (exact) mass is 240 g/mol. The Morgan fingerprint density at radius 2 is 1.72 bits per heavy atom. The van der Waals surface area contributed by atoms with Crippen molar-refractivity contribution in [2.24, 2.45) is 5.92 Å². The number of aromatic nitrogens is 1. The fourth-order valence-electron chi connectivity index (χ4n) is 2.02. The van der Waals surface area contributed by atoms with Crippen LogP contribution in [0.2, 0.25) is 0 Å². The molecule has 0 aliphatic carbocycles. The van der Waals surface area contributed by atoms with Crippen molar-refractivity contribution < 1.29 is 0 Å². The van der Waals surface area contributed by atoms with Gasteiger partial charge in [0.15, 0.2) is 0 Å². The Labute approximate surface area is 109 Å². The zero-order valence-corrected chi connectivity index (χ0v) is 11.3. The van der Waals surface area contributed by atoms with Crippen LogP contribution in [0.1, 0.15) is 25.1 Å². The fourth-order valence-corrected chi connectivity index (χ4v) is 2.02. The van der Waals surface area contributed by atoms with Gasteiger partial charge in [0.1, 0.15) is 0 Å². The maximum absolute atomic E-state index is 5.78. The first-order valence-electron chi connectivity index (χ1n) is 6.38. The van der Waals surface area contributed by atoms with Crippen molar-refractivity contribution in [3.8, 4) is 11.3 Å². The largest absolute Gasteiger partial charge is 0.397 e. The average molecular weight is 240 g/mol. The molecule has 0 unspecified atom stereocenters. The van der Waals surface area contributed by atoms with Crippen LogP contribution < -0.4 is 5.73 Å². The van der Waals surface area contributed by atoms with Crippen molar-refractivity contribution in [2.45, 2.75) is 27.2 Å². The molecule has 2 rings (SSSR count). The molecule has 1 aromatic heterocycles. The van der Waals surface area contributed by atoms with Gasteiger partial charge in [0.05, 0.1) is 17.1 Å². The molecular weight excluding hydrogens is 220 g/mol. The van der Waals surface area contributed by atoms with Gasteiger partial charge in [-0.3, -0.25) is 4.98 Å². The SMILES string of the molecule is Cc1nc(-c2ccc(CC(C)C)cc2)ccc1N. The Kier molecular flexibility index (Phi) is 3.66. The topological polar surface area (TPSA) is 38.9 Å². The van der Waals surface area contributed by atoms with Crippen LogP contribution in [0.4, 0.5) is 5.69 Å². The molecule has 1 aromatic carbocycles. The van der Waals surface area contributed by atoms with Crippen LogP contribution >= 0.6 is 0 Å². The van der Waals surface area contributed by atoms with Crippen LogP contribution in [0.15, 0.2) is 36.4 Å². The fraction of sp³-hybridized carbons (Fsp3) is 0.312. The van der Waals surface area contributed by atoms with Crippen LogP contribution in [-0.4, -0.2) is 4.98 Å². The maximum atomic E-state index is 5.78. The molecule has 1 heterocycles. The molecule has 0 atom stereocenters. The van der Waals surface area contributed by atoms with Gasteiger partial charge >= 0.3 is 0 Å². The number of pyridine rings is 1. The lowest BCUT2D eigenvalue weighted by Gasteiger charge is -2.07. The second kappa shape index (κ2) is 5.21. The maximum Gasteiger partial charge on any atom is 0.0706 e. The molecule has 0 fully saturated rings. The predicted molar refractivity (Wildman–Crippen MR) is 77.4 cm³/mol. The van der Waals surface area contributed by atoms with E-state index in [-0.39, 0.29) is 0 Å². The molecule has 2 N–H and O–H groups in total. The number of nitrogen functional groups attached to an aromatic ring is 1. The van der Waals surface area contributed by atoms with Crippen LogP contribution in [0.25, 0.3) is 11.3 Å². The number of nitrogens with two attached hydrogens (primary N) is 1. The number of nitrogens with zero attached hydrogens (tertiary/aromatic N) is 1. The van der Waals surface area contributed by atoms with E-state index in [0.717, 1.165) is 29.1 Å². The van der Waals surface area contributed by atoms with Crippen molar-refractivity contribution in [2.75, 3.05) is 5.73 Å². The third-order valence-corrected chi connectivity index (χ3v) is 3.02. The molecule has 18 heavy (non-hydrogen) atoms. The Hall–Kier alpha value is -1.83. The first kappa shape index (κ1) is 12.6. The van der Waals surface area contributed by atoms with Gasteiger partial charge < -0.3 is 5.73 Å². The highest BCUT2D eigenvalue weighted by atomic mass is 14.7. The third-order valence-electron chi connectivity index (χ3n) is 3.02. The Balaban J connectivity index is 2.25. The summed E-state index contributed by atoms with van der Waals surface area (Å²) in [5, 5.41) is 0. The van der Waals surface area contributed by atoms with E-state index in [9.17, 15) is 0 Å². The third kappa shape index (κ3) is 2.89. The summed E-state index contributed by atoms with van der Waals surface area (Å²) < 4.78 is 0. The Morgan fingerprint density at radius 1 is 1.06 bits per heavy atom. The average Bonchev–Trinajstić information content (AvgIpc) is 2.33. The van der Waals surface area contributed by atoms with Gasteiger partial charge in [-0.1, -0.05) is 38.1 Å². The molecule has 2 aromatic rings. The van der Waals surface area contributed by atoms with Gasteiger partial charge in [0.25, 0.3) is 0 Å². The van der Waals surface area contributed by atoms with Gasteiger partial charge in [-0.15, -0.1) is 0 Å². The lowest BCUT2D eigenvalue weighted by molar-refractivity contribution is 0.647. The van der Waals surface area contributed by atoms with Gasteiger partial charge in [0, 0.05) is 5.56 Å². The molecule has 2 heteroatoms. The summed E-state index contributed by atoms with van der Waals surface area (Å²) in [6.07, 6.45) is 1.12. The number of benzene rings is 1. The van der Waals surface area contributed by atoms with Crippen LogP contribution in [0.5, 0.6) is 0 Å². The quantitative estimate of drug-likeness (QED) is 0.885. The van der Waals surface area contributed by atoms with Crippen LogP contribution in [0, 0.1) is 12.8 Å². The normalized spacial score (nSPS) is 10.9. The standard InChI is InChI=1S/C16H20N2/c1-11(2)10-13-4-6-14(7-5-13)16-9-8-15(17)12(3)18-16/h4-9,11H,10,17H2,1-3H3. The van der Waals surface area contributed by atoms with Crippen molar-refractivity contribution in [3.05, 3.63) is 47.7 Å². The summed E-state index contributed by atoms with van der Waals surface area (Å²) in [5.41, 5.74) is 10.9. The van der Waals surface area contributed by atoms with Crippen molar-refractivity contribution >= 4 is 5.69 Å². The minimum Gasteiger partial charge on any atom is -0.397 e. The summed E-state index contributed by atoms with van der Waals surface area (Å²) in [4.78, 5) is 4.51. The first-order chi connectivity index (χ1) is 8.56. The van der Waals surface area contributed by atoms with E-state index < -0.39 is 0 Å². The molecule has 0 spiro atoms. The number of rotatable bonds is 3. The van der Waals surface area contributed by atoms with E-state index in [1.807, 2.05) is 19.1 Å². The molecule has 0 saturated heterocycles. The van der Waals surface area contributed by atoms with Crippen molar-refractivity contribution in [1.82, 2.24) is 4.98 Å². The number of anilines is 1. The smallest absolute Gasteiger partial charge is 0.0706 e. The highest BCUT2D eigenvalue weighted by molar-refractivity contribution is 5.62. The summed E-state index contributed by atoms with van der Waals surface area (Å²) in [6.45, 7) is 6.41. The minimum atomic E-state index is 0.688. The van der Waals surface area contributed by atoms with Gasteiger partial charge in [-0.25, -0.2) is 0 Å². The summed E-state index contributed by atoms with van der Waals surface area (Å²) in [6, 6.07) is 12.5. The molecule has 0 aliphatic rings. The zero-order valence-electron chi connectivity index (χ0n) is 11.3. The summed E-state index contributed by atoms with van der Waals surface area (Å²) in [7, 11) is 0. The van der Waals surface area contributed by atoms with E-state index >= 15 is 0 Å². The molecule has 2 nitrogen and oxygen atoms in total. The van der Waals surface area contributed by atoms with E-state index in [0.29, 0.717) is 5.92 Å². The van der Waals surface area contributed by atoms with Gasteiger partial charge in [-0.05, 0) is 37.0 Å². The molecule has 94 valence electrons. The lowest BCUT2D eigenvalue weighted by Crippen LogP contribution is -1.95. The summed E-state index contributed by atoms with van der Waals surface area (Å²) in [5.74, 6) is 0.688. The minimum absolute atomic E-state index is 0.688. The molecular formula is C16H20N2. The molecule has 0 aliphatic heterocycles. The number of aryl methyl sites for hydroxylation is 1. The first-order valence-corrected chi connectivity index (χ1v) is 6.38. The van der Waals surface area contributed by atoms with Crippen LogP contribution in [0.3, 0.4) is 0 Å². The molecule has 0 saturated carbocycles. The van der Waals surface area contributed by atoms with Gasteiger partial charge in [0.2, 0.25) is 0 Å². The van der Waals surface area contributed by atoms with E-state index in [1.165, 1.54) is 5.56 Å². The summed E-state index contributed by atoms with van der Waals surface area (Å²) >= 11 is 0. The lowest BCUT2D eigenvalue weighted by atomic mass is 10.0. The molecule has 0 radical (unpaired) electrons. The highest BCUT2D eigenvalue weighted by Gasteiger charge is 2.03. The number of hydrogen-bond acceptors (Lipinski definition) is 2. The van der Waals surface area contributed by atoms with E-state index in [1.54, 1.807) is 0 Å². The predicted octanol–water partition coefficient (Wildman–Crippen LogP) is 3.84. The second-order valence-corrected chi connectivity index (χ2v) is 5.17.